The Morgan fingerprint density at radius 1 is 1.12 bits per heavy atom. The highest BCUT2D eigenvalue weighted by Gasteiger charge is 2.30. The summed E-state index contributed by atoms with van der Waals surface area (Å²) in [6, 6.07) is 11.0. The van der Waals surface area contributed by atoms with Crippen LogP contribution in [0, 0.1) is 0 Å². The van der Waals surface area contributed by atoms with Crippen LogP contribution in [-0.2, 0) is 17.5 Å². The maximum atomic E-state index is 12.9. The first-order valence-corrected chi connectivity index (χ1v) is 10.2. The van der Waals surface area contributed by atoms with Crippen LogP contribution in [0.4, 0.5) is 24.5 Å². The summed E-state index contributed by atoms with van der Waals surface area (Å²) < 4.78 is 43.8. The van der Waals surface area contributed by atoms with Gasteiger partial charge < -0.3 is 15.2 Å². The average molecular weight is 489 g/mol. The lowest BCUT2D eigenvalue weighted by molar-refractivity contribution is -0.137. The highest BCUT2D eigenvalue weighted by molar-refractivity contribution is 6.33. The molecule has 34 heavy (non-hydrogen) atoms. The molecule has 3 aromatic heterocycles. The minimum atomic E-state index is -4.42. The van der Waals surface area contributed by atoms with Crippen molar-refractivity contribution >= 4 is 40.0 Å². The van der Waals surface area contributed by atoms with E-state index in [2.05, 4.69) is 20.3 Å². The summed E-state index contributed by atoms with van der Waals surface area (Å²) in [5.74, 6) is -1.16. The third kappa shape index (κ3) is 4.92. The van der Waals surface area contributed by atoms with Crippen LogP contribution in [0.15, 0.2) is 54.7 Å². The minimum absolute atomic E-state index is 0.0573. The smallest absolute Gasteiger partial charge is 0.416 e. The zero-order valence-electron chi connectivity index (χ0n) is 17.5. The number of rotatable bonds is 6. The van der Waals surface area contributed by atoms with E-state index in [4.69, 9.17) is 21.4 Å². The number of alkyl halides is 3. The summed E-state index contributed by atoms with van der Waals surface area (Å²) in [4.78, 5) is 24.3. The zero-order valence-corrected chi connectivity index (χ0v) is 18.3. The van der Waals surface area contributed by atoms with Crippen LogP contribution >= 0.6 is 11.6 Å². The monoisotopic (exact) mass is 488 g/mol. The Labute approximate surface area is 196 Å². The molecule has 0 aliphatic heterocycles. The van der Waals surface area contributed by atoms with Gasteiger partial charge in [0.1, 0.15) is 5.69 Å². The predicted molar refractivity (Wildman–Crippen MR) is 120 cm³/mol. The van der Waals surface area contributed by atoms with Gasteiger partial charge in [-0.25, -0.2) is 14.8 Å². The molecule has 0 aliphatic rings. The first-order chi connectivity index (χ1) is 16.2. The second-order valence-corrected chi connectivity index (χ2v) is 7.63. The van der Waals surface area contributed by atoms with Crippen molar-refractivity contribution in [1.82, 2.24) is 15.0 Å². The number of carboxylic acid groups (broad SMARTS) is 1. The fraction of sp³-hybridized carbons (Fsp3) is 0.130. The number of pyridine rings is 3. The first kappa shape index (κ1) is 23.4. The fourth-order valence-corrected chi connectivity index (χ4v) is 3.52. The van der Waals surface area contributed by atoms with Gasteiger partial charge in [0, 0.05) is 24.4 Å². The highest BCUT2D eigenvalue weighted by Crippen LogP contribution is 2.33. The number of anilines is 2. The minimum Gasteiger partial charge on any atom is -0.478 e. The summed E-state index contributed by atoms with van der Waals surface area (Å²) in [5, 5.41) is 12.9. The second-order valence-electron chi connectivity index (χ2n) is 7.22. The summed E-state index contributed by atoms with van der Waals surface area (Å²) in [5.41, 5.74) is 1.72. The number of methoxy groups -OCH3 is 1. The van der Waals surface area contributed by atoms with Gasteiger partial charge in [0.15, 0.2) is 5.65 Å². The molecule has 11 heteroatoms. The zero-order chi connectivity index (χ0) is 24.5. The van der Waals surface area contributed by atoms with Gasteiger partial charge in [-0.05, 0) is 48.5 Å². The van der Waals surface area contributed by atoms with Gasteiger partial charge in [0.2, 0.25) is 0 Å². The molecule has 0 atom stereocenters. The lowest BCUT2D eigenvalue weighted by Crippen LogP contribution is -2.05. The number of aromatic carboxylic acids is 1. The van der Waals surface area contributed by atoms with Crippen LogP contribution in [-0.4, -0.2) is 33.1 Å². The molecular weight excluding hydrogens is 473 g/mol. The molecule has 0 fully saturated rings. The summed E-state index contributed by atoms with van der Waals surface area (Å²) in [6.07, 6.45) is -3.24. The SMILES string of the molecule is COCc1cc(Nc2ccc(C(F)(F)F)cc2)c2ccc(-c3ncc(C(=O)O)cc3Cl)nc2n1. The second kappa shape index (κ2) is 9.24. The third-order valence-electron chi connectivity index (χ3n) is 4.84. The molecular formula is C23H16ClF3N4O3. The number of ether oxygens (including phenoxy) is 1. The number of halogens is 4. The van der Waals surface area contributed by atoms with Gasteiger partial charge >= 0.3 is 12.1 Å². The third-order valence-corrected chi connectivity index (χ3v) is 5.13. The van der Waals surface area contributed by atoms with E-state index < -0.39 is 17.7 Å². The fourth-order valence-electron chi connectivity index (χ4n) is 3.26. The van der Waals surface area contributed by atoms with Crippen molar-refractivity contribution in [2.75, 3.05) is 12.4 Å². The molecule has 4 aromatic rings. The van der Waals surface area contributed by atoms with E-state index in [0.29, 0.717) is 33.8 Å². The molecule has 3 heterocycles. The van der Waals surface area contributed by atoms with E-state index in [1.54, 1.807) is 18.2 Å². The molecule has 4 rings (SSSR count). The number of carboxylic acids is 1. The Hall–Kier alpha value is -3.76. The van der Waals surface area contributed by atoms with Gasteiger partial charge in [0.05, 0.1) is 39.8 Å². The Morgan fingerprint density at radius 2 is 1.85 bits per heavy atom. The number of benzene rings is 1. The van der Waals surface area contributed by atoms with E-state index in [0.717, 1.165) is 12.1 Å². The van der Waals surface area contributed by atoms with Gasteiger partial charge in [-0.1, -0.05) is 11.6 Å². The summed E-state index contributed by atoms with van der Waals surface area (Å²) in [6.45, 7) is 0.176. The lowest BCUT2D eigenvalue weighted by Gasteiger charge is -2.13. The Balaban J connectivity index is 1.75. The van der Waals surface area contributed by atoms with Gasteiger partial charge in [-0.15, -0.1) is 0 Å². The molecule has 0 spiro atoms. The van der Waals surface area contributed by atoms with Crippen molar-refractivity contribution in [2.45, 2.75) is 12.8 Å². The van der Waals surface area contributed by atoms with Crippen molar-refractivity contribution < 1.29 is 27.8 Å². The molecule has 0 aliphatic carbocycles. The lowest BCUT2D eigenvalue weighted by atomic mass is 10.1. The predicted octanol–water partition coefficient (Wildman–Crippen LogP) is 5.95. The standard InChI is InChI=1S/C23H16ClF3N4O3/c1-34-11-15-9-19(29-14-4-2-13(3-5-14)23(25,26)27)16-6-7-18(31-21(16)30-15)20-17(24)8-12(10-28-20)22(32)33/h2-10H,11H2,1H3,(H,32,33)(H,29,30,31). The number of hydrogen-bond acceptors (Lipinski definition) is 6. The number of nitrogens with zero attached hydrogens (tertiary/aromatic N) is 3. The topological polar surface area (TPSA) is 97.2 Å². The van der Waals surface area contributed by atoms with Crippen LogP contribution in [0.25, 0.3) is 22.4 Å². The van der Waals surface area contributed by atoms with Crippen molar-refractivity contribution in [3.05, 3.63) is 76.6 Å². The molecule has 0 saturated heterocycles. The number of aromatic nitrogens is 3. The average Bonchev–Trinajstić information content (AvgIpc) is 2.78. The quantitative estimate of drug-likeness (QED) is 0.346. The molecule has 0 saturated carbocycles. The van der Waals surface area contributed by atoms with E-state index >= 15 is 0 Å². The molecule has 1 aromatic carbocycles. The molecule has 0 bridgehead atoms. The van der Waals surface area contributed by atoms with E-state index in [1.165, 1.54) is 31.5 Å². The molecule has 2 N–H and O–H groups in total. The Bertz CT molecular complexity index is 1380. The normalized spacial score (nSPS) is 11.6. The van der Waals surface area contributed by atoms with E-state index in [-0.39, 0.29) is 22.9 Å². The summed E-state index contributed by atoms with van der Waals surface area (Å²) in [7, 11) is 1.51. The van der Waals surface area contributed by atoms with Crippen molar-refractivity contribution in [3.63, 3.8) is 0 Å². The Morgan fingerprint density at radius 3 is 2.47 bits per heavy atom. The highest BCUT2D eigenvalue weighted by atomic mass is 35.5. The maximum absolute atomic E-state index is 12.9. The van der Waals surface area contributed by atoms with Gasteiger partial charge in [0.25, 0.3) is 0 Å². The maximum Gasteiger partial charge on any atom is 0.416 e. The van der Waals surface area contributed by atoms with Gasteiger partial charge in [-0.2, -0.15) is 13.2 Å². The number of nitrogens with one attached hydrogen (secondary N) is 1. The van der Waals surface area contributed by atoms with Crippen molar-refractivity contribution in [3.8, 4) is 11.4 Å². The molecule has 174 valence electrons. The van der Waals surface area contributed by atoms with Crippen LogP contribution in [0.2, 0.25) is 5.02 Å². The largest absolute Gasteiger partial charge is 0.478 e. The van der Waals surface area contributed by atoms with Crippen molar-refractivity contribution in [1.29, 1.82) is 0 Å². The molecule has 7 nitrogen and oxygen atoms in total. The van der Waals surface area contributed by atoms with E-state index in [1.807, 2.05) is 0 Å². The number of fused-ring (bicyclic) bond motifs is 1. The molecule has 0 amide bonds. The van der Waals surface area contributed by atoms with E-state index in [9.17, 15) is 18.0 Å². The summed E-state index contributed by atoms with van der Waals surface area (Å²) >= 11 is 6.22. The van der Waals surface area contributed by atoms with Crippen LogP contribution < -0.4 is 5.32 Å². The Kier molecular flexibility index (Phi) is 6.36. The van der Waals surface area contributed by atoms with Crippen LogP contribution in [0.3, 0.4) is 0 Å². The first-order valence-electron chi connectivity index (χ1n) is 9.79. The van der Waals surface area contributed by atoms with Gasteiger partial charge in [-0.3, -0.25) is 4.98 Å². The number of hydrogen-bond donors (Lipinski definition) is 2. The van der Waals surface area contributed by atoms with Crippen LogP contribution in [0.5, 0.6) is 0 Å². The van der Waals surface area contributed by atoms with Crippen molar-refractivity contribution in [2.24, 2.45) is 0 Å². The molecule has 0 radical (unpaired) electrons. The molecule has 0 unspecified atom stereocenters. The van der Waals surface area contributed by atoms with Crippen LogP contribution in [0.1, 0.15) is 21.6 Å². The number of carbonyl (C=O) groups is 1.